The summed E-state index contributed by atoms with van der Waals surface area (Å²) in [4.78, 5) is 0. The fourth-order valence-electron chi connectivity index (χ4n) is 9.07. The van der Waals surface area contributed by atoms with Gasteiger partial charge in [0.25, 0.3) is 0 Å². The molecule has 61 heavy (non-hydrogen) atoms. The van der Waals surface area contributed by atoms with E-state index in [2.05, 4.69) is 214 Å². The van der Waals surface area contributed by atoms with E-state index in [4.69, 9.17) is 0 Å². The van der Waals surface area contributed by atoms with Crippen LogP contribution in [0.1, 0.15) is 111 Å². The Balaban J connectivity index is 0.000000206. The largest absolute Gasteiger partial charge is 1.00 e. The minimum absolute atomic E-state index is 0. The van der Waals surface area contributed by atoms with E-state index in [1.54, 1.807) is 5.57 Å². The number of allylic oxidation sites excluding steroid dienone is 4. The smallest absolute Gasteiger partial charge is 1.00 e. The van der Waals surface area contributed by atoms with Crippen molar-refractivity contribution in [1.29, 1.82) is 0 Å². The third kappa shape index (κ3) is 11.3. The normalized spacial score (nSPS) is 15.8. The zero-order valence-electron chi connectivity index (χ0n) is 37.7. The van der Waals surface area contributed by atoms with E-state index in [0.29, 0.717) is 11.3 Å². The van der Waals surface area contributed by atoms with Crippen molar-refractivity contribution in [3.8, 4) is 22.3 Å². The average molecular weight is 921 g/mol. The van der Waals surface area contributed by atoms with E-state index in [1.807, 2.05) is 0 Å². The number of rotatable bonds is 4. The van der Waals surface area contributed by atoms with Gasteiger partial charge in [-0.15, -0.1) is 39.7 Å². The van der Waals surface area contributed by atoms with E-state index < -0.39 is 0 Å². The van der Waals surface area contributed by atoms with Gasteiger partial charge in [-0.3, -0.25) is 6.08 Å². The quantitative estimate of drug-likeness (QED) is 0.154. The monoisotopic (exact) mass is 918 g/mol. The second-order valence-corrected chi connectivity index (χ2v) is 21.2. The van der Waals surface area contributed by atoms with Gasteiger partial charge in [0.15, 0.2) is 0 Å². The van der Waals surface area contributed by atoms with Gasteiger partial charge in [-0.1, -0.05) is 172 Å². The molecule has 0 aromatic heterocycles. The first-order valence-corrected chi connectivity index (χ1v) is 23.0. The minimum Gasteiger partial charge on any atom is -1.00 e. The van der Waals surface area contributed by atoms with Crippen LogP contribution in [0.15, 0.2) is 151 Å². The van der Waals surface area contributed by atoms with Crippen molar-refractivity contribution in [3.63, 3.8) is 0 Å². The van der Waals surface area contributed by atoms with Crippen LogP contribution >= 0.6 is 0 Å². The van der Waals surface area contributed by atoms with Gasteiger partial charge < -0.3 is 24.8 Å². The van der Waals surface area contributed by atoms with Crippen molar-refractivity contribution in [2.45, 2.75) is 105 Å². The SMILES string of the molecule is CC(C)(C)c1cc2c(cc1-c1ccccc1)[cH-]c1cc(-c3ccccc3)c(C(C)(C)C)cc12.CC1[C-]=CC(C2(C)CCCCC2)=C1.C[C](=[Zr+2])c1ccc2ccccc2c1.[Cl-].[Cl-]. The molecule has 0 bridgehead atoms. The Labute approximate surface area is 394 Å². The van der Waals surface area contributed by atoms with E-state index in [0.717, 1.165) is 0 Å². The van der Waals surface area contributed by atoms with E-state index >= 15 is 0 Å². The van der Waals surface area contributed by atoms with Crippen molar-refractivity contribution >= 4 is 35.5 Å². The first kappa shape index (κ1) is 48.3. The molecule has 3 heteroatoms. The van der Waals surface area contributed by atoms with Crippen molar-refractivity contribution in [1.82, 2.24) is 0 Å². The van der Waals surface area contributed by atoms with Crippen LogP contribution in [0.25, 0.3) is 54.6 Å². The van der Waals surface area contributed by atoms with Crippen LogP contribution in [-0.4, -0.2) is 3.21 Å². The van der Waals surface area contributed by atoms with Crippen molar-refractivity contribution in [2.75, 3.05) is 0 Å². The van der Waals surface area contributed by atoms with Crippen LogP contribution < -0.4 is 24.8 Å². The van der Waals surface area contributed by atoms with Gasteiger partial charge in [0.05, 0.1) is 0 Å². The number of hydrogen-bond acceptors (Lipinski definition) is 0. The summed E-state index contributed by atoms with van der Waals surface area (Å²) in [5.41, 5.74) is 11.6. The molecule has 7 aromatic rings. The van der Waals surface area contributed by atoms with Crippen molar-refractivity contribution < 1.29 is 49.0 Å². The number of halogens is 2. The molecule has 1 fully saturated rings. The molecular weight excluding hydrogens is 859 g/mol. The first-order chi connectivity index (χ1) is 28.1. The van der Waals surface area contributed by atoms with Gasteiger partial charge in [0.2, 0.25) is 0 Å². The summed E-state index contributed by atoms with van der Waals surface area (Å²) in [5, 5.41) is 8.02. The topological polar surface area (TPSA) is 0 Å². The summed E-state index contributed by atoms with van der Waals surface area (Å²) in [6.45, 7) is 20.7. The fraction of sp³-hybridized carbons (Fsp3) is 0.310. The molecule has 314 valence electrons. The van der Waals surface area contributed by atoms with E-state index in [9.17, 15) is 0 Å². The average Bonchev–Trinajstić information content (AvgIpc) is 3.83. The van der Waals surface area contributed by atoms with Crippen molar-refractivity contribution in [3.05, 3.63) is 174 Å². The van der Waals surface area contributed by atoms with E-state index in [1.165, 1.54) is 131 Å². The zero-order chi connectivity index (χ0) is 42.0. The molecule has 0 spiro atoms. The molecule has 0 saturated heterocycles. The van der Waals surface area contributed by atoms with Crippen LogP contribution in [0.2, 0.25) is 0 Å². The Morgan fingerprint density at radius 3 is 1.54 bits per heavy atom. The van der Waals surface area contributed by atoms with Crippen molar-refractivity contribution in [2.24, 2.45) is 11.3 Å². The van der Waals surface area contributed by atoms with Crippen LogP contribution in [0, 0.1) is 17.4 Å². The third-order valence-electron chi connectivity index (χ3n) is 12.5. The van der Waals surface area contributed by atoms with Crippen LogP contribution in [0.5, 0.6) is 0 Å². The standard InChI is InChI=1S/C33H33.C13H19.C12H10.2ClH.Zr/c1-32(2,3)30-20-26-24(18-28(30)22-13-9-7-10-14-22)17-25-19-29(23-15-11-8-12-16-23)31(21-27(25)26)33(4,5)6;1-11-6-7-12(10-11)13(2)8-4-3-5-9-13;1-2-10-7-8-11-5-3-4-6-12(11)9-10;;;/h7-21H,1-6H3;7,10-11H,3-5,8-9H2,1-2H3;3-9H,1H3;2*1H;/q2*-1;;;;+2/p-2. The van der Waals surface area contributed by atoms with Gasteiger partial charge in [0.1, 0.15) is 0 Å². The van der Waals surface area contributed by atoms with E-state index in [-0.39, 0.29) is 35.6 Å². The Bertz CT molecular complexity index is 2530. The molecule has 1 unspecified atom stereocenters. The molecule has 0 heterocycles. The maximum atomic E-state index is 3.37. The first-order valence-electron chi connectivity index (χ1n) is 21.8. The van der Waals surface area contributed by atoms with Gasteiger partial charge in [-0.25, -0.2) is 6.08 Å². The Kier molecular flexibility index (Phi) is 16.0. The number of benzene rings is 6. The molecule has 1 saturated carbocycles. The molecule has 2 aliphatic rings. The molecule has 2 aliphatic carbocycles. The molecule has 0 aliphatic heterocycles. The molecule has 9 rings (SSSR count). The van der Waals surface area contributed by atoms with Gasteiger partial charge in [-0.05, 0) is 44.2 Å². The molecule has 0 nitrogen and oxygen atoms in total. The van der Waals surface area contributed by atoms with Crippen LogP contribution in [0.3, 0.4) is 0 Å². The predicted molar refractivity (Wildman–Crippen MR) is 255 cm³/mol. The Morgan fingerprint density at radius 2 is 1.10 bits per heavy atom. The second kappa shape index (κ2) is 20.2. The molecular formula is C58H62Cl2Zr-2. The van der Waals surface area contributed by atoms with Gasteiger partial charge in [-0.2, -0.15) is 11.6 Å². The predicted octanol–water partition coefficient (Wildman–Crippen LogP) is 10.5. The Hall–Kier alpha value is -3.74. The second-order valence-electron chi connectivity index (χ2n) is 19.4. The summed E-state index contributed by atoms with van der Waals surface area (Å²) >= 11 is 1.50. The maximum absolute atomic E-state index is 3.37. The fourth-order valence-corrected chi connectivity index (χ4v) is 9.45. The molecule has 0 N–H and O–H groups in total. The summed E-state index contributed by atoms with van der Waals surface area (Å²) in [6.07, 6.45) is 15.0. The Morgan fingerprint density at radius 1 is 0.623 bits per heavy atom. The maximum Gasteiger partial charge on any atom is -1.00 e. The zero-order valence-corrected chi connectivity index (χ0v) is 41.7. The van der Waals surface area contributed by atoms with Gasteiger partial charge >= 0.3 is 93.2 Å². The summed E-state index contributed by atoms with van der Waals surface area (Å²) in [7, 11) is 0. The molecule has 1 atom stereocenters. The third-order valence-corrected chi connectivity index (χ3v) is 13.2. The van der Waals surface area contributed by atoms with Crippen LogP contribution in [0.4, 0.5) is 0 Å². The molecule has 0 radical (unpaired) electrons. The summed E-state index contributed by atoms with van der Waals surface area (Å²) in [6, 6.07) is 48.9. The number of hydrogen-bond donors (Lipinski definition) is 0. The van der Waals surface area contributed by atoms with Gasteiger partial charge in [0, 0.05) is 0 Å². The van der Waals surface area contributed by atoms with Crippen LogP contribution in [-0.2, 0) is 35.1 Å². The number of fused-ring (bicyclic) bond motifs is 4. The summed E-state index contributed by atoms with van der Waals surface area (Å²) in [5.74, 6) is 0.550. The molecule has 0 amide bonds. The minimum atomic E-state index is 0. The molecule has 7 aromatic carbocycles. The summed E-state index contributed by atoms with van der Waals surface area (Å²) < 4.78 is 1.46.